The molecule has 0 unspecified atom stereocenters. The molecule has 0 spiro atoms. The molecule has 0 radical (unpaired) electrons. The number of ether oxygens (including phenoxy) is 1. The standard InChI is InChI=1S/C18H33N5OS.HI/c1-4-24-11-5-8-20-18(19-3)21-12-16-6-9-23(10-7-16)13-17-14-25-15(2)22-17;/h14,16H,4-13H2,1-3H3,(H2,19,20,21);1H. The Bertz CT molecular complexity index is 517. The predicted molar refractivity (Wildman–Crippen MR) is 121 cm³/mol. The fourth-order valence-corrected chi connectivity index (χ4v) is 3.65. The van der Waals surface area contributed by atoms with Crippen LogP contribution < -0.4 is 10.6 Å². The van der Waals surface area contributed by atoms with E-state index in [1.807, 2.05) is 14.0 Å². The van der Waals surface area contributed by atoms with Crippen LogP contribution in [-0.2, 0) is 11.3 Å². The van der Waals surface area contributed by atoms with Gasteiger partial charge < -0.3 is 15.4 Å². The maximum Gasteiger partial charge on any atom is 0.190 e. The van der Waals surface area contributed by atoms with Crippen molar-refractivity contribution in [3.8, 4) is 0 Å². The normalized spacial score (nSPS) is 16.3. The number of thiazole rings is 1. The Morgan fingerprint density at radius 2 is 2.15 bits per heavy atom. The molecule has 2 heterocycles. The van der Waals surface area contributed by atoms with Gasteiger partial charge in [-0.1, -0.05) is 0 Å². The second-order valence-electron chi connectivity index (χ2n) is 6.51. The van der Waals surface area contributed by atoms with Gasteiger partial charge in [0.25, 0.3) is 0 Å². The number of aryl methyl sites for hydroxylation is 1. The van der Waals surface area contributed by atoms with E-state index in [1.165, 1.54) is 18.5 Å². The SMILES string of the molecule is CCOCCCNC(=NC)NCC1CCN(Cc2csc(C)n2)CC1.I. The average Bonchev–Trinajstić information content (AvgIpc) is 3.03. The first-order chi connectivity index (χ1) is 12.2. The highest BCUT2D eigenvalue weighted by Gasteiger charge is 2.20. The number of hydrogen-bond donors (Lipinski definition) is 2. The zero-order chi connectivity index (χ0) is 17.9. The van der Waals surface area contributed by atoms with Gasteiger partial charge >= 0.3 is 0 Å². The number of rotatable bonds is 9. The number of nitrogens with one attached hydrogen (secondary N) is 2. The van der Waals surface area contributed by atoms with Gasteiger partial charge in [0.2, 0.25) is 0 Å². The van der Waals surface area contributed by atoms with Gasteiger partial charge in [0.15, 0.2) is 5.96 Å². The summed E-state index contributed by atoms with van der Waals surface area (Å²) in [6.45, 7) is 10.9. The molecule has 8 heteroatoms. The maximum atomic E-state index is 5.35. The number of hydrogen-bond acceptors (Lipinski definition) is 5. The molecule has 0 bridgehead atoms. The highest BCUT2D eigenvalue weighted by atomic mass is 127. The molecule has 1 aromatic rings. The fourth-order valence-electron chi connectivity index (χ4n) is 3.05. The summed E-state index contributed by atoms with van der Waals surface area (Å²) in [5, 5.41) is 10.2. The molecule has 1 aliphatic rings. The van der Waals surface area contributed by atoms with E-state index < -0.39 is 0 Å². The Morgan fingerprint density at radius 1 is 1.38 bits per heavy atom. The van der Waals surface area contributed by atoms with E-state index in [0.29, 0.717) is 0 Å². The Labute approximate surface area is 179 Å². The molecule has 0 aliphatic carbocycles. The minimum absolute atomic E-state index is 0. The van der Waals surface area contributed by atoms with Crippen LogP contribution in [0.2, 0.25) is 0 Å². The summed E-state index contributed by atoms with van der Waals surface area (Å²) in [7, 11) is 1.83. The van der Waals surface area contributed by atoms with Crippen LogP contribution in [0.3, 0.4) is 0 Å². The highest BCUT2D eigenvalue weighted by molar-refractivity contribution is 14.0. The minimum atomic E-state index is 0. The second kappa shape index (κ2) is 13.7. The van der Waals surface area contributed by atoms with Crippen molar-refractivity contribution in [3.63, 3.8) is 0 Å². The van der Waals surface area contributed by atoms with Crippen LogP contribution in [0.4, 0.5) is 0 Å². The van der Waals surface area contributed by atoms with E-state index in [9.17, 15) is 0 Å². The van der Waals surface area contributed by atoms with Crippen LogP contribution in [0.1, 0.15) is 36.9 Å². The van der Waals surface area contributed by atoms with Gasteiger partial charge in [0.1, 0.15) is 0 Å². The monoisotopic (exact) mass is 495 g/mol. The maximum absolute atomic E-state index is 5.35. The summed E-state index contributed by atoms with van der Waals surface area (Å²) >= 11 is 1.74. The van der Waals surface area contributed by atoms with E-state index in [4.69, 9.17) is 4.74 Å². The van der Waals surface area contributed by atoms with Crippen molar-refractivity contribution in [1.29, 1.82) is 0 Å². The van der Waals surface area contributed by atoms with E-state index in [1.54, 1.807) is 11.3 Å². The molecule has 1 saturated heterocycles. The van der Waals surface area contributed by atoms with Gasteiger partial charge in [-0.3, -0.25) is 9.89 Å². The van der Waals surface area contributed by atoms with Gasteiger partial charge in [-0.25, -0.2) is 4.98 Å². The van der Waals surface area contributed by atoms with Gasteiger partial charge in [-0.05, 0) is 52.1 Å². The van der Waals surface area contributed by atoms with Crippen LogP contribution in [0.15, 0.2) is 10.4 Å². The molecule has 0 saturated carbocycles. The third-order valence-corrected chi connectivity index (χ3v) is 5.33. The molecule has 0 amide bonds. The van der Waals surface area contributed by atoms with Crippen molar-refractivity contribution in [2.75, 3.05) is 46.4 Å². The van der Waals surface area contributed by atoms with Gasteiger partial charge in [0, 0.05) is 45.3 Å². The molecular formula is C18H34IN5OS. The lowest BCUT2D eigenvalue weighted by Gasteiger charge is -2.31. The van der Waals surface area contributed by atoms with Gasteiger partial charge in [0.05, 0.1) is 10.7 Å². The minimum Gasteiger partial charge on any atom is -0.382 e. The van der Waals surface area contributed by atoms with E-state index >= 15 is 0 Å². The molecule has 1 aliphatic heterocycles. The van der Waals surface area contributed by atoms with E-state index in [0.717, 1.165) is 69.2 Å². The van der Waals surface area contributed by atoms with Crippen molar-refractivity contribution in [2.24, 2.45) is 10.9 Å². The molecule has 1 aromatic heterocycles. The topological polar surface area (TPSA) is 61.8 Å². The fraction of sp³-hybridized carbons (Fsp3) is 0.778. The lowest BCUT2D eigenvalue weighted by atomic mass is 9.97. The number of likely N-dealkylation sites (tertiary alicyclic amines) is 1. The summed E-state index contributed by atoms with van der Waals surface area (Å²) < 4.78 is 5.35. The molecule has 0 atom stereocenters. The lowest BCUT2D eigenvalue weighted by molar-refractivity contribution is 0.145. The van der Waals surface area contributed by atoms with Crippen LogP contribution in [-0.4, -0.2) is 62.3 Å². The smallest absolute Gasteiger partial charge is 0.190 e. The number of guanidine groups is 1. The largest absolute Gasteiger partial charge is 0.382 e. The summed E-state index contributed by atoms with van der Waals surface area (Å²) in [4.78, 5) is 11.4. The molecule has 150 valence electrons. The van der Waals surface area contributed by atoms with Crippen molar-refractivity contribution >= 4 is 41.3 Å². The molecule has 1 fully saturated rings. The van der Waals surface area contributed by atoms with Crippen molar-refractivity contribution in [1.82, 2.24) is 20.5 Å². The Hall–Kier alpha value is -0.450. The summed E-state index contributed by atoms with van der Waals surface area (Å²) in [6.07, 6.45) is 3.47. The van der Waals surface area contributed by atoms with Crippen LogP contribution in [0.25, 0.3) is 0 Å². The molecule has 0 aromatic carbocycles. The third kappa shape index (κ3) is 8.96. The Balaban J connectivity index is 0.00000338. The molecule has 26 heavy (non-hydrogen) atoms. The molecule has 2 N–H and O–H groups in total. The number of aliphatic imine (C=N–C) groups is 1. The average molecular weight is 495 g/mol. The summed E-state index contributed by atoms with van der Waals surface area (Å²) in [5.41, 5.74) is 1.22. The first kappa shape index (κ1) is 23.6. The molecular weight excluding hydrogens is 461 g/mol. The van der Waals surface area contributed by atoms with E-state index in [2.05, 4.69) is 37.8 Å². The van der Waals surface area contributed by atoms with Gasteiger partial charge in [-0.2, -0.15) is 0 Å². The first-order valence-electron chi connectivity index (χ1n) is 9.37. The quantitative estimate of drug-likeness (QED) is 0.239. The first-order valence-corrected chi connectivity index (χ1v) is 10.2. The molecule has 6 nitrogen and oxygen atoms in total. The number of piperidine rings is 1. The Morgan fingerprint density at radius 3 is 2.77 bits per heavy atom. The lowest BCUT2D eigenvalue weighted by Crippen LogP contribution is -2.43. The van der Waals surface area contributed by atoms with Crippen molar-refractivity contribution < 1.29 is 4.74 Å². The Kier molecular flexibility index (Phi) is 12.4. The number of nitrogens with zero attached hydrogens (tertiary/aromatic N) is 3. The van der Waals surface area contributed by atoms with Gasteiger partial charge in [-0.15, -0.1) is 35.3 Å². The van der Waals surface area contributed by atoms with Crippen LogP contribution >= 0.6 is 35.3 Å². The van der Waals surface area contributed by atoms with Crippen molar-refractivity contribution in [2.45, 2.75) is 39.7 Å². The predicted octanol–water partition coefficient (Wildman–Crippen LogP) is 2.87. The summed E-state index contributed by atoms with van der Waals surface area (Å²) in [6, 6.07) is 0. The van der Waals surface area contributed by atoms with Crippen LogP contribution in [0.5, 0.6) is 0 Å². The van der Waals surface area contributed by atoms with Crippen molar-refractivity contribution in [3.05, 3.63) is 16.1 Å². The van der Waals surface area contributed by atoms with Crippen LogP contribution in [0, 0.1) is 12.8 Å². The molecule has 2 rings (SSSR count). The number of halogens is 1. The summed E-state index contributed by atoms with van der Waals surface area (Å²) in [5.74, 6) is 1.62. The highest BCUT2D eigenvalue weighted by Crippen LogP contribution is 2.19. The zero-order valence-electron chi connectivity index (χ0n) is 16.3. The zero-order valence-corrected chi connectivity index (χ0v) is 19.4. The third-order valence-electron chi connectivity index (χ3n) is 4.50. The number of aromatic nitrogens is 1. The van der Waals surface area contributed by atoms with E-state index in [-0.39, 0.29) is 24.0 Å². The second-order valence-corrected chi connectivity index (χ2v) is 7.57.